The van der Waals surface area contributed by atoms with Gasteiger partial charge < -0.3 is 0 Å². The molecule has 0 aromatic carbocycles. The summed E-state index contributed by atoms with van der Waals surface area (Å²) in [6.45, 7) is 4.31. The maximum absolute atomic E-state index is 13.3. The Morgan fingerprint density at radius 1 is 1.23 bits per heavy atom. The van der Waals surface area contributed by atoms with Gasteiger partial charge in [-0.05, 0) is 36.5 Å². The van der Waals surface area contributed by atoms with Gasteiger partial charge >= 0.3 is 0 Å². The molecule has 0 amide bonds. The first-order valence-electron chi connectivity index (χ1n) is 5.37. The third-order valence-electron chi connectivity index (χ3n) is 4.24. The van der Waals surface area contributed by atoms with Crippen molar-refractivity contribution in [1.29, 1.82) is 0 Å². The lowest BCUT2D eigenvalue weighted by atomic mass is 9.86. The standard InChI is InChI=1S/C11H18F2/c1-7-5-9-3-4-11(12,13)6-10(7)8(9)2/h7-10H,3-6H2,1-2H3/t7?,8?,9?,10-/m1/s1. The summed E-state index contributed by atoms with van der Waals surface area (Å²) in [5.41, 5.74) is 0. The van der Waals surface area contributed by atoms with Crippen molar-refractivity contribution in [3.05, 3.63) is 0 Å². The van der Waals surface area contributed by atoms with Gasteiger partial charge in [0.15, 0.2) is 0 Å². The highest BCUT2D eigenvalue weighted by Crippen LogP contribution is 2.51. The second-order valence-corrected chi connectivity index (χ2v) is 5.09. The first-order chi connectivity index (χ1) is 5.99. The van der Waals surface area contributed by atoms with Crippen LogP contribution < -0.4 is 0 Å². The van der Waals surface area contributed by atoms with E-state index in [9.17, 15) is 8.78 Å². The van der Waals surface area contributed by atoms with Crippen molar-refractivity contribution >= 4 is 0 Å². The number of rotatable bonds is 0. The molecule has 0 radical (unpaired) electrons. The van der Waals surface area contributed by atoms with Crippen molar-refractivity contribution in [2.24, 2.45) is 23.7 Å². The summed E-state index contributed by atoms with van der Waals surface area (Å²) < 4.78 is 26.5. The largest absolute Gasteiger partial charge is 0.248 e. The predicted octanol–water partition coefficient (Wildman–Crippen LogP) is 3.71. The molecule has 0 spiro atoms. The molecule has 0 aromatic heterocycles. The molecule has 0 N–H and O–H groups in total. The molecule has 13 heavy (non-hydrogen) atoms. The fraction of sp³-hybridized carbons (Fsp3) is 1.00. The molecule has 0 aliphatic heterocycles. The van der Waals surface area contributed by atoms with Crippen LogP contribution in [-0.2, 0) is 0 Å². The molecule has 2 saturated carbocycles. The molecule has 2 heteroatoms. The Morgan fingerprint density at radius 2 is 1.92 bits per heavy atom. The summed E-state index contributed by atoms with van der Waals surface area (Å²) in [4.78, 5) is 0. The van der Waals surface area contributed by atoms with E-state index in [2.05, 4.69) is 13.8 Å². The van der Waals surface area contributed by atoms with E-state index >= 15 is 0 Å². The minimum Gasteiger partial charge on any atom is -0.207 e. The van der Waals surface area contributed by atoms with E-state index in [4.69, 9.17) is 0 Å². The fourth-order valence-corrected chi connectivity index (χ4v) is 3.35. The maximum Gasteiger partial charge on any atom is 0.248 e. The Bertz CT molecular complexity index is 200. The Labute approximate surface area is 78.7 Å². The van der Waals surface area contributed by atoms with Crippen molar-refractivity contribution in [3.63, 3.8) is 0 Å². The van der Waals surface area contributed by atoms with Gasteiger partial charge in [-0.3, -0.25) is 0 Å². The van der Waals surface area contributed by atoms with Gasteiger partial charge in [-0.2, -0.15) is 0 Å². The molecular formula is C11H18F2. The molecule has 2 aliphatic carbocycles. The highest BCUT2D eigenvalue weighted by molar-refractivity contribution is 4.93. The zero-order valence-electron chi connectivity index (χ0n) is 8.39. The van der Waals surface area contributed by atoms with Gasteiger partial charge in [0.1, 0.15) is 0 Å². The topological polar surface area (TPSA) is 0 Å². The first kappa shape index (κ1) is 9.42. The molecular weight excluding hydrogens is 170 g/mol. The van der Waals surface area contributed by atoms with E-state index < -0.39 is 5.92 Å². The van der Waals surface area contributed by atoms with E-state index in [1.54, 1.807) is 0 Å². The van der Waals surface area contributed by atoms with Crippen LogP contribution in [0.5, 0.6) is 0 Å². The Balaban J connectivity index is 2.17. The van der Waals surface area contributed by atoms with Gasteiger partial charge in [0, 0.05) is 12.8 Å². The van der Waals surface area contributed by atoms with E-state index in [0.717, 1.165) is 6.42 Å². The summed E-state index contributed by atoms with van der Waals surface area (Å²) in [6, 6.07) is 0. The van der Waals surface area contributed by atoms with Crippen LogP contribution in [0.15, 0.2) is 0 Å². The molecule has 2 aliphatic rings. The average Bonchev–Trinajstić information content (AvgIpc) is 2.21. The van der Waals surface area contributed by atoms with Crippen LogP contribution >= 0.6 is 0 Å². The summed E-state index contributed by atoms with van der Waals surface area (Å²) in [5, 5.41) is 0. The smallest absolute Gasteiger partial charge is 0.207 e. The van der Waals surface area contributed by atoms with Crippen molar-refractivity contribution in [1.82, 2.24) is 0 Å². The van der Waals surface area contributed by atoms with Gasteiger partial charge in [-0.15, -0.1) is 0 Å². The number of hydrogen-bond acceptors (Lipinski definition) is 0. The summed E-state index contributed by atoms with van der Waals surface area (Å²) in [5.74, 6) is -0.465. The lowest BCUT2D eigenvalue weighted by Crippen LogP contribution is -2.23. The molecule has 0 saturated heterocycles. The van der Waals surface area contributed by atoms with Crippen LogP contribution in [0.25, 0.3) is 0 Å². The number of hydrogen-bond donors (Lipinski definition) is 0. The van der Waals surface area contributed by atoms with Crippen LogP contribution in [0, 0.1) is 23.7 Å². The first-order valence-corrected chi connectivity index (χ1v) is 5.37. The fourth-order valence-electron chi connectivity index (χ4n) is 3.35. The monoisotopic (exact) mass is 188 g/mol. The van der Waals surface area contributed by atoms with Crippen LogP contribution in [-0.4, -0.2) is 5.92 Å². The highest BCUT2D eigenvalue weighted by Gasteiger charge is 2.47. The third-order valence-corrected chi connectivity index (χ3v) is 4.24. The molecule has 2 bridgehead atoms. The summed E-state index contributed by atoms with van der Waals surface area (Å²) in [7, 11) is 0. The van der Waals surface area contributed by atoms with Crippen molar-refractivity contribution in [3.8, 4) is 0 Å². The van der Waals surface area contributed by atoms with Crippen LogP contribution in [0.3, 0.4) is 0 Å². The Kier molecular flexibility index (Phi) is 2.12. The Morgan fingerprint density at radius 3 is 2.62 bits per heavy atom. The maximum atomic E-state index is 13.3. The lowest BCUT2D eigenvalue weighted by Gasteiger charge is -2.23. The van der Waals surface area contributed by atoms with Crippen molar-refractivity contribution < 1.29 is 8.78 Å². The van der Waals surface area contributed by atoms with E-state index in [1.165, 1.54) is 6.42 Å². The highest BCUT2D eigenvalue weighted by atomic mass is 19.3. The lowest BCUT2D eigenvalue weighted by molar-refractivity contribution is -0.0357. The second-order valence-electron chi connectivity index (χ2n) is 5.09. The average molecular weight is 188 g/mol. The van der Waals surface area contributed by atoms with Crippen LogP contribution in [0.4, 0.5) is 8.78 Å². The zero-order chi connectivity index (χ0) is 9.64. The quantitative estimate of drug-likeness (QED) is 0.543. The minimum atomic E-state index is -2.37. The van der Waals surface area contributed by atoms with Gasteiger partial charge in [0.05, 0.1) is 0 Å². The number of fused-ring (bicyclic) bond motifs is 2. The molecule has 3 unspecified atom stereocenters. The van der Waals surface area contributed by atoms with E-state index in [-0.39, 0.29) is 18.8 Å². The van der Waals surface area contributed by atoms with Gasteiger partial charge in [-0.1, -0.05) is 13.8 Å². The summed E-state index contributed by atoms with van der Waals surface area (Å²) in [6.07, 6.45) is 2.20. The molecule has 0 heterocycles. The van der Waals surface area contributed by atoms with Gasteiger partial charge in [-0.25, -0.2) is 8.78 Å². The van der Waals surface area contributed by atoms with E-state index in [1.807, 2.05) is 0 Å². The molecule has 2 fully saturated rings. The van der Waals surface area contributed by atoms with Crippen LogP contribution in [0.2, 0.25) is 0 Å². The van der Waals surface area contributed by atoms with Crippen molar-refractivity contribution in [2.45, 2.75) is 45.5 Å². The van der Waals surface area contributed by atoms with E-state index in [0.29, 0.717) is 17.8 Å². The van der Waals surface area contributed by atoms with Crippen LogP contribution in [0.1, 0.15) is 39.5 Å². The molecule has 0 nitrogen and oxygen atoms in total. The molecule has 4 atom stereocenters. The third kappa shape index (κ3) is 1.60. The molecule has 0 aromatic rings. The zero-order valence-corrected chi connectivity index (χ0v) is 8.39. The summed E-state index contributed by atoms with van der Waals surface area (Å²) >= 11 is 0. The molecule has 76 valence electrons. The van der Waals surface area contributed by atoms with Gasteiger partial charge in [0.2, 0.25) is 5.92 Å². The van der Waals surface area contributed by atoms with Gasteiger partial charge in [0.25, 0.3) is 0 Å². The minimum absolute atomic E-state index is 0.130. The Hall–Kier alpha value is -0.140. The second kappa shape index (κ2) is 2.93. The normalized spacial score (nSPS) is 48.9. The molecule has 2 rings (SSSR count). The SMILES string of the molecule is CC1CC2CCC(F)(F)C[C@H]1C2C. The predicted molar refractivity (Wildman–Crippen MR) is 48.7 cm³/mol. The number of alkyl halides is 2. The number of halogens is 2. The van der Waals surface area contributed by atoms with Crippen molar-refractivity contribution in [2.75, 3.05) is 0 Å².